The monoisotopic (exact) mass is 332 g/mol. The average Bonchev–Trinajstić information content (AvgIpc) is 3.06. The molecule has 6 nitrogen and oxygen atoms in total. The summed E-state index contributed by atoms with van der Waals surface area (Å²) in [6, 6.07) is 2.25. The molecule has 2 aromatic rings. The minimum atomic E-state index is -0.139. The second-order valence-corrected chi connectivity index (χ2v) is 6.93. The van der Waals surface area contributed by atoms with E-state index < -0.39 is 0 Å². The van der Waals surface area contributed by atoms with E-state index in [1.165, 1.54) is 20.9 Å². The molecule has 2 N–H and O–H groups in total. The lowest BCUT2D eigenvalue weighted by molar-refractivity contribution is -0.122. The van der Waals surface area contributed by atoms with E-state index in [4.69, 9.17) is 0 Å². The summed E-state index contributed by atoms with van der Waals surface area (Å²) < 4.78 is 1.53. The van der Waals surface area contributed by atoms with Crippen LogP contribution >= 0.6 is 11.3 Å². The number of amides is 2. The number of nitrogens with one attached hydrogen (secondary N) is 2. The molecule has 0 radical (unpaired) electrons. The van der Waals surface area contributed by atoms with E-state index in [9.17, 15) is 9.59 Å². The molecule has 1 aliphatic carbocycles. The number of aromatic nitrogens is 2. The van der Waals surface area contributed by atoms with Crippen LogP contribution in [0.2, 0.25) is 0 Å². The lowest BCUT2D eigenvalue weighted by atomic mass is 10.2. The Kier molecular flexibility index (Phi) is 4.47. The number of carbonyl (C=O) groups excluding carboxylic acids is 2. The van der Waals surface area contributed by atoms with E-state index in [2.05, 4.69) is 22.7 Å². The number of rotatable bonds is 6. The second kappa shape index (κ2) is 6.54. The molecular formula is C16H20N4O2S. The fourth-order valence-electron chi connectivity index (χ4n) is 2.34. The summed E-state index contributed by atoms with van der Waals surface area (Å²) in [7, 11) is 0. The van der Waals surface area contributed by atoms with Gasteiger partial charge >= 0.3 is 0 Å². The van der Waals surface area contributed by atoms with Crippen molar-refractivity contribution < 1.29 is 9.59 Å². The molecule has 2 amide bonds. The quantitative estimate of drug-likeness (QED) is 0.852. The number of hydrogen-bond donors (Lipinski definition) is 2. The van der Waals surface area contributed by atoms with Crippen molar-refractivity contribution in [2.45, 2.75) is 45.7 Å². The van der Waals surface area contributed by atoms with Gasteiger partial charge in [-0.15, -0.1) is 11.3 Å². The summed E-state index contributed by atoms with van der Waals surface area (Å²) in [5.74, 6) is -0.185. The third kappa shape index (κ3) is 3.98. The molecule has 0 atom stereocenters. The summed E-state index contributed by atoms with van der Waals surface area (Å²) >= 11 is 1.51. The molecule has 2 aromatic heterocycles. The Morgan fingerprint density at radius 3 is 2.87 bits per heavy atom. The van der Waals surface area contributed by atoms with E-state index in [1.54, 1.807) is 12.4 Å². The summed E-state index contributed by atoms with van der Waals surface area (Å²) in [5.41, 5.74) is 1.74. The predicted octanol–water partition coefficient (Wildman–Crippen LogP) is 2.35. The standard InChI is InChI=1S/C16H20N4O2S/c1-3-13-10(2)6-14(23-13)16(22)19-12-7-17-20(8-12)9-15(21)18-11-4-5-11/h6-8,11H,3-5,9H2,1-2H3,(H,18,21)(H,19,22). The van der Waals surface area contributed by atoms with Crippen molar-refractivity contribution >= 4 is 28.8 Å². The first-order valence-electron chi connectivity index (χ1n) is 7.77. The number of aryl methyl sites for hydroxylation is 2. The molecule has 1 saturated carbocycles. The number of carbonyl (C=O) groups is 2. The number of thiophene rings is 1. The van der Waals surface area contributed by atoms with Gasteiger partial charge in [-0.1, -0.05) is 6.92 Å². The number of anilines is 1. The van der Waals surface area contributed by atoms with Crippen molar-refractivity contribution in [2.24, 2.45) is 0 Å². The fourth-order valence-corrected chi connectivity index (χ4v) is 3.35. The minimum absolute atomic E-state index is 0.0463. The van der Waals surface area contributed by atoms with Gasteiger partial charge in [0, 0.05) is 17.1 Å². The maximum Gasteiger partial charge on any atom is 0.265 e. The molecular weight excluding hydrogens is 312 g/mol. The number of nitrogens with zero attached hydrogens (tertiary/aromatic N) is 2. The van der Waals surface area contributed by atoms with Crippen molar-refractivity contribution in [1.82, 2.24) is 15.1 Å². The molecule has 23 heavy (non-hydrogen) atoms. The van der Waals surface area contributed by atoms with E-state index in [0.717, 1.165) is 24.8 Å². The van der Waals surface area contributed by atoms with Crippen molar-refractivity contribution in [2.75, 3.05) is 5.32 Å². The first-order chi connectivity index (χ1) is 11.0. The van der Waals surface area contributed by atoms with Gasteiger partial charge in [0.15, 0.2) is 0 Å². The largest absolute Gasteiger partial charge is 0.352 e. The smallest absolute Gasteiger partial charge is 0.265 e. The highest BCUT2D eigenvalue weighted by atomic mass is 32.1. The van der Waals surface area contributed by atoms with Crippen LogP contribution in [0.5, 0.6) is 0 Å². The third-order valence-corrected chi connectivity index (χ3v) is 5.08. The van der Waals surface area contributed by atoms with Crippen molar-refractivity contribution in [3.8, 4) is 0 Å². The first kappa shape index (κ1) is 15.7. The predicted molar refractivity (Wildman–Crippen MR) is 89.8 cm³/mol. The van der Waals surface area contributed by atoms with E-state index in [-0.39, 0.29) is 18.4 Å². The molecule has 0 unspecified atom stereocenters. The van der Waals surface area contributed by atoms with Crippen LogP contribution in [-0.2, 0) is 17.8 Å². The number of hydrogen-bond acceptors (Lipinski definition) is 4. The van der Waals surface area contributed by atoms with Crippen LogP contribution in [0, 0.1) is 6.92 Å². The maximum atomic E-state index is 12.3. The Hall–Kier alpha value is -2.15. The van der Waals surface area contributed by atoms with Gasteiger partial charge in [0.25, 0.3) is 5.91 Å². The zero-order valence-electron chi connectivity index (χ0n) is 13.3. The fraction of sp³-hybridized carbons (Fsp3) is 0.438. The SMILES string of the molecule is CCc1sc(C(=O)Nc2cnn(CC(=O)NC3CC3)c2)cc1C. The molecule has 0 saturated heterocycles. The van der Waals surface area contributed by atoms with Gasteiger partial charge in [-0.25, -0.2) is 0 Å². The van der Waals surface area contributed by atoms with Crippen LogP contribution < -0.4 is 10.6 Å². The molecule has 122 valence electrons. The average molecular weight is 332 g/mol. The molecule has 1 aliphatic rings. The first-order valence-corrected chi connectivity index (χ1v) is 8.59. The zero-order valence-corrected chi connectivity index (χ0v) is 14.1. The molecule has 0 aliphatic heterocycles. The molecule has 2 heterocycles. The Labute approximate surface area is 138 Å². The van der Waals surface area contributed by atoms with Gasteiger partial charge in [-0.3, -0.25) is 14.3 Å². The molecule has 0 spiro atoms. The lowest BCUT2D eigenvalue weighted by Gasteiger charge is -2.03. The summed E-state index contributed by atoms with van der Waals surface area (Å²) in [4.78, 5) is 25.9. The van der Waals surface area contributed by atoms with Gasteiger partial charge < -0.3 is 10.6 Å². The van der Waals surface area contributed by atoms with Gasteiger partial charge in [-0.05, 0) is 37.8 Å². The molecule has 3 rings (SSSR count). The van der Waals surface area contributed by atoms with E-state index >= 15 is 0 Å². The summed E-state index contributed by atoms with van der Waals surface area (Å²) in [6.07, 6.45) is 6.28. The highest BCUT2D eigenvalue weighted by Gasteiger charge is 2.23. The highest BCUT2D eigenvalue weighted by molar-refractivity contribution is 7.14. The minimum Gasteiger partial charge on any atom is -0.352 e. The molecule has 0 bridgehead atoms. The van der Waals surface area contributed by atoms with Crippen LogP contribution in [0.25, 0.3) is 0 Å². The van der Waals surface area contributed by atoms with Crippen LogP contribution in [0.15, 0.2) is 18.5 Å². The normalized spacial score (nSPS) is 13.8. The Bertz CT molecular complexity index is 730. The summed E-state index contributed by atoms with van der Waals surface area (Å²) in [6.45, 7) is 4.27. The van der Waals surface area contributed by atoms with Crippen LogP contribution in [-0.4, -0.2) is 27.6 Å². The molecule has 0 aromatic carbocycles. The summed E-state index contributed by atoms with van der Waals surface area (Å²) in [5, 5.41) is 9.85. The van der Waals surface area contributed by atoms with Crippen LogP contribution in [0.3, 0.4) is 0 Å². The second-order valence-electron chi connectivity index (χ2n) is 5.79. The van der Waals surface area contributed by atoms with Gasteiger partial charge in [-0.2, -0.15) is 5.10 Å². The highest BCUT2D eigenvalue weighted by Crippen LogP contribution is 2.23. The van der Waals surface area contributed by atoms with E-state index in [1.807, 2.05) is 13.0 Å². The van der Waals surface area contributed by atoms with Crippen LogP contribution in [0.4, 0.5) is 5.69 Å². The molecule has 7 heteroatoms. The Morgan fingerprint density at radius 1 is 1.43 bits per heavy atom. The third-order valence-electron chi connectivity index (χ3n) is 3.70. The lowest BCUT2D eigenvalue weighted by Crippen LogP contribution is -2.29. The maximum absolute atomic E-state index is 12.3. The van der Waals surface area contributed by atoms with Crippen molar-refractivity contribution in [1.29, 1.82) is 0 Å². The van der Waals surface area contributed by atoms with Crippen LogP contribution in [0.1, 0.15) is 39.9 Å². The van der Waals surface area contributed by atoms with E-state index in [0.29, 0.717) is 16.6 Å². The van der Waals surface area contributed by atoms with Crippen molar-refractivity contribution in [3.05, 3.63) is 33.8 Å². The topological polar surface area (TPSA) is 76.0 Å². The van der Waals surface area contributed by atoms with Gasteiger partial charge in [0.2, 0.25) is 5.91 Å². The Morgan fingerprint density at radius 2 is 2.22 bits per heavy atom. The zero-order chi connectivity index (χ0) is 16.4. The van der Waals surface area contributed by atoms with Gasteiger partial charge in [0.05, 0.1) is 16.8 Å². The molecule has 1 fully saturated rings. The van der Waals surface area contributed by atoms with Gasteiger partial charge in [0.1, 0.15) is 6.54 Å². The van der Waals surface area contributed by atoms with Crippen molar-refractivity contribution in [3.63, 3.8) is 0 Å². The Balaban J connectivity index is 1.59.